The summed E-state index contributed by atoms with van der Waals surface area (Å²) in [6.07, 6.45) is 1.70. The van der Waals surface area contributed by atoms with Crippen molar-refractivity contribution >= 4 is 48.5 Å². The summed E-state index contributed by atoms with van der Waals surface area (Å²) < 4.78 is 42.5. The molecule has 9 heteroatoms. The molecule has 0 fully saturated rings. The molecular formula is C22H23BrFN3O3S. The fourth-order valence-electron chi connectivity index (χ4n) is 4.05. The first-order valence-corrected chi connectivity index (χ1v) is 12.0. The van der Waals surface area contributed by atoms with Gasteiger partial charge in [0.15, 0.2) is 0 Å². The van der Waals surface area contributed by atoms with Crippen molar-refractivity contribution in [2.75, 3.05) is 18.5 Å². The first kappa shape index (κ1) is 22.0. The van der Waals surface area contributed by atoms with Crippen molar-refractivity contribution in [2.45, 2.75) is 30.9 Å². The number of nitrogens with zero attached hydrogens (tertiary/aromatic N) is 1. The number of anilines is 1. The SMILES string of the molecule is CN1C(=O)[C@@](CNS(=O)(=O)C(C)(C)C)(c2c[nH]c3ccc(Br)cc23)c2cc(F)ccc21. The Labute approximate surface area is 189 Å². The second-order valence-electron chi connectivity index (χ2n) is 8.76. The van der Waals surface area contributed by atoms with Gasteiger partial charge >= 0.3 is 0 Å². The Hall–Kier alpha value is -2.23. The average Bonchev–Trinajstić information content (AvgIpc) is 3.18. The van der Waals surface area contributed by atoms with Crippen LogP contribution in [0.1, 0.15) is 31.9 Å². The van der Waals surface area contributed by atoms with Gasteiger partial charge in [-0.25, -0.2) is 17.5 Å². The molecule has 1 atom stereocenters. The summed E-state index contributed by atoms with van der Waals surface area (Å²) in [7, 11) is -2.15. The Balaban J connectivity index is 2.00. The highest BCUT2D eigenvalue weighted by Crippen LogP contribution is 2.48. The summed E-state index contributed by atoms with van der Waals surface area (Å²) in [5, 5.41) is 0.753. The summed E-state index contributed by atoms with van der Waals surface area (Å²) in [4.78, 5) is 18.4. The van der Waals surface area contributed by atoms with E-state index in [0.717, 1.165) is 15.4 Å². The molecule has 164 valence electrons. The molecular weight excluding hydrogens is 485 g/mol. The van der Waals surface area contributed by atoms with Crippen LogP contribution in [-0.4, -0.2) is 37.6 Å². The number of aromatic amines is 1. The predicted molar refractivity (Wildman–Crippen MR) is 123 cm³/mol. The number of carbonyl (C=O) groups is 1. The van der Waals surface area contributed by atoms with Crippen LogP contribution in [0.3, 0.4) is 0 Å². The number of likely N-dealkylation sites (N-methyl/N-ethyl adjacent to an activating group) is 1. The number of carbonyl (C=O) groups excluding carboxylic acids is 1. The standard InChI is InChI=1S/C22H23BrFN3O3S/c1-21(2,3)31(29,30)26-12-22(17-11-25-18-7-5-13(23)9-15(17)18)16-10-14(24)6-8-19(16)27(4)20(22)28/h5-11,25-26H,12H2,1-4H3/t22-/m1/s1. The molecule has 1 amide bonds. The van der Waals surface area contributed by atoms with Crippen LogP contribution in [0.25, 0.3) is 10.9 Å². The van der Waals surface area contributed by atoms with Crippen LogP contribution in [0.2, 0.25) is 0 Å². The van der Waals surface area contributed by atoms with Gasteiger partial charge in [-0.15, -0.1) is 0 Å². The molecule has 1 aromatic heterocycles. The van der Waals surface area contributed by atoms with Crippen molar-refractivity contribution in [2.24, 2.45) is 0 Å². The molecule has 0 unspecified atom stereocenters. The predicted octanol–water partition coefficient (Wildman–Crippen LogP) is 4.05. The fourth-order valence-corrected chi connectivity index (χ4v) is 5.25. The maximum Gasteiger partial charge on any atom is 0.243 e. The lowest BCUT2D eigenvalue weighted by atomic mass is 9.75. The van der Waals surface area contributed by atoms with Crippen molar-refractivity contribution in [3.05, 3.63) is 64.0 Å². The van der Waals surface area contributed by atoms with Gasteiger partial charge in [0.1, 0.15) is 11.2 Å². The van der Waals surface area contributed by atoms with Crippen LogP contribution in [-0.2, 0) is 20.2 Å². The molecule has 1 aliphatic rings. The van der Waals surface area contributed by atoms with Crippen molar-refractivity contribution in [3.63, 3.8) is 0 Å². The van der Waals surface area contributed by atoms with E-state index in [4.69, 9.17) is 0 Å². The molecule has 0 saturated heterocycles. The molecule has 2 N–H and O–H groups in total. The van der Waals surface area contributed by atoms with Crippen LogP contribution in [0.5, 0.6) is 0 Å². The summed E-state index contributed by atoms with van der Waals surface area (Å²) in [6.45, 7) is 4.52. The number of halogens is 2. The van der Waals surface area contributed by atoms with E-state index in [2.05, 4.69) is 25.6 Å². The molecule has 31 heavy (non-hydrogen) atoms. The van der Waals surface area contributed by atoms with E-state index in [9.17, 15) is 17.6 Å². The summed E-state index contributed by atoms with van der Waals surface area (Å²) in [6, 6.07) is 9.77. The van der Waals surface area contributed by atoms with Gasteiger partial charge in [0.05, 0.1) is 4.75 Å². The van der Waals surface area contributed by atoms with E-state index < -0.39 is 26.0 Å². The third kappa shape index (κ3) is 3.30. The Bertz CT molecular complexity index is 1310. The van der Waals surface area contributed by atoms with Crippen molar-refractivity contribution in [1.82, 2.24) is 9.71 Å². The van der Waals surface area contributed by atoms with E-state index in [1.54, 1.807) is 40.1 Å². The summed E-state index contributed by atoms with van der Waals surface area (Å²) in [5.74, 6) is -0.823. The van der Waals surface area contributed by atoms with Crippen LogP contribution in [0.4, 0.5) is 10.1 Å². The maximum atomic E-state index is 14.4. The van der Waals surface area contributed by atoms with Gasteiger partial charge in [0, 0.05) is 46.4 Å². The number of benzene rings is 2. The molecule has 0 spiro atoms. The maximum absolute atomic E-state index is 14.4. The lowest BCUT2D eigenvalue weighted by Gasteiger charge is -2.30. The first-order chi connectivity index (χ1) is 14.4. The zero-order valence-corrected chi connectivity index (χ0v) is 20.0. The van der Waals surface area contributed by atoms with Gasteiger partial charge in [-0.3, -0.25) is 4.79 Å². The Kier molecular flexibility index (Phi) is 5.07. The lowest BCUT2D eigenvalue weighted by molar-refractivity contribution is -0.121. The summed E-state index contributed by atoms with van der Waals surface area (Å²) >= 11 is 3.46. The highest BCUT2D eigenvalue weighted by Gasteiger charge is 2.53. The number of H-pyrrole nitrogens is 1. The van der Waals surface area contributed by atoms with Crippen molar-refractivity contribution in [3.8, 4) is 0 Å². The van der Waals surface area contributed by atoms with E-state index in [-0.39, 0.29) is 12.5 Å². The second-order valence-corrected chi connectivity index (χ2v) is 12.2. The van der Waals surface area contributed by atoms with Gasteiger partial charge < -0.3 is 9.88 Å². The van der Waals surface area contributed by atoms with Crippen molar-refractivity contribution in [1.29, 1.82) is 0 Å². The molecule has 0 radical (unpaired) electrons. The van der Waals surface area contributed by atoms with Crippen molar-refractivity contribution < 1.29 is 17.6 Å². The third-order valence-electron chi connectivity index (χ3n) is 5.89. The second kappa shape index (κ2) is 7.15. The Morgan fingerprint density at radius 3 is 2.55 bits per heavy atom. The monoisotopic (exact) mass is 507 g/mol. The van der Waals surface area contributed by atoms with E-state index in [0.29, 0.717) is 16.8 Å². The van der Waals surface area contributed by atoms with Gasteiger partial charge in [0.2, 0.25) is 15.9 Å². The number of rotatable bonds is 4. The quantitative estimate of drug-likeness (QED) is 0.558. The van der Waals surface area contributed by atoms with Crippen LogP contribution in [0, 0.1) is 5.82 Å². The highest BCUT2D eigenvalue weighted by atomic mass is 79.9. The van der Waals surface area contributed by atoms with Gasteiger partial charge in [-0.2, -0.15) is 0 Å². The minimum absolute atomic E-state index is 0.230. The molecule has 2 heterocycles. The number of hydrogen-bond donors (Lipinski definition) is 2. The lowest BCUT2D eigenvalue weighted by Crippen LogP contribution is -2.51. The fraction of sp³-hybridized carbons (Fsp3) is 0.318. The number of amides is 1. The first-order valence-electron chi connectivity index (χ1n) is 9.73. The minimum atomic E-state index is -3.76. The largest absolute Gasteiger partial charge is 0.361 e. The van der Waals surface area contributed by atoms with Crippen LogP contribution < -0.4 is 9.62 Å². The number of fused-ring (bicyclic) bond motifs is 2. The van der Waals surface area contributed by atoms with E-state index in [1.165, 1.54) is 17.0 Å². The zero-order valence-electron chi connectivity index (χ0n) is 17.6. The number of aromatic nitrogens is 1. The van der Waals surface area contributed by atoms with E-state index >= 15 is 0 Å². The molecule has 0 aliphatic carbocycles. The van der Waals surface area contributed by atoms with Crippen LogP contribution in [0.15, 0.2) is 47.1 Å². The summed E-state index contributed by atoms with van der Waals surface area (Å²) in [5.41, 5.74) is 0.921. The molecule has 0 bridgehead atoms. The Morgan fingerprint density at radius 1 is 1.16 bits per heavy atom. The molecule has 4 rings (SSSR count). The molecule has 1 aliphatic heterocycles. The average molecular weight is 508 g/mol. The number of hydrogen-bond acceptors (Lipinski definition) is 3. The molecule has 2 aromatic carbocycles. The highest BCUT2D eigenvalue weighted by molar-refractivity contribution is 9.10. The number of nitrogens with one attached hydrogen (secondary N) is 2. The molecule has 0 saturated carbocycles. The third-order valence-corrected chi connectivity index (χ3v) is 8.52. The van der Waals surface area contributed by atoms with Gasteiger partial charge in [-0.1, -0.05) is 15.9 Å². The molecule has 6 nitrogen and oxygen atoms in total. The minimum Gasteiger partial charge on any atom is -0.361 e. The smallest absolute Gasteiger partial charge is 0.243 e. The molecule has 3 aromatic rings. The zero-order chi connectivity index (χ0) is 22.8. The number of sulfonamides is 1. The van der Waals surface area contributed by atoms with Crippen LogP contribution >= 0.6 is 15.9 Å². The van der Waals surface area contributed by atoms with Gasteiger partial charge in [-0.05, 0) is 62.7 Å². The van der Waals surface area contributed by atoms with Gasteiger partial charge in [0.25, 0.3) is 0 Å². The Morgan fingerprint density at radius 2 is 1.87 bits per heavy atom. The normalized spacial score (nSPS) is 19.3. The topological polar surface area (TPSA) is 82.3 Å². The van der Waals surface area contributed by atoms with E-state index in [1.807, 2.05) is 18.2 Å².